The maximum Gasteiger partial charge on any atom is 0.122 e. The Morgan fingerprint density at radius 1 is 1.33 bits per heavy atom. The van der Waals surface area contributed by atoms with Crippen molar-refractivity contribution in [2.45, 2.75) is 26.4 Å². The summed E-state index contributed by atoms with van der Waals surface area (Å²) in [5, 5.41) is 11.9. The van der Waals surface area contributed by atoms with Crippen LogP contribution in [0.15, 0.2) is 29.6 Å². The quantitative estimate of drug-likeness (QED) is 0.815. The Balaban J connectivity index is 1.74. The SMILES string of the molecule is Cc1ccccc1OCCCc1nc(CO)cs1. The smallest absolute Gasteiger partial charge is 0.122 e. The highest BCUT2D eigenvalue weighted by atomic mass is 32.1. The molecule has 0 fully saturated rings. The van der Waals surface area contributed by atoms with Gasteiger partial charge in [0.25, 0.3) is 0 Å². The second kappa shape index (κ2) is 6.52. The predicted molar refractivity (Wildman–Crippen MR) is 73.0 cm³/mol. The maximum absolute atomic E-state index is 8.92. The van der Waals surface area contributed by atoms with Crippen LogP contribution in [0.1, 0.15) is 22.7 Å². The molecule has 1 aromatic heterocycles. The van der Waals surface area contributed by atoms with Crippen LogP contribution in [0.5, 0.6) is 5.75 Å². The molecule has 0 atom stereocenters. The monoisotopic (exact) mass is 263 g/mol. The molecule has 1 N–H and O–H groups in total. The standard InChI is InChI=1S/C14H17NO2S/c1-11-5-2-3-6-13(11)17-8-4-7-14-15-12(9-16)10-18-14/h2-3,5-6,10,16H,4,7-9H2,1H3. The third-order valence-electron chi connectivity index (χ3n) is 2.65. The Labute approximate surface area is 111 Å². The van der Waals surface area contributed by atoms with E-state index in [1.165, 1.54) is 0 Å². The summed E-state index contributed by atoms with van der Waals surface area (Å²) in [5.41, 5.74) is 1.92. The lowest BCUT2D eigenvalue weighted by molar-refractivity contribution is 0.277. The molecule has 0 bridgehead atoms. The summed E-state index contributed by atoms with van der Waals surface area (Å²) in [7, 11) is 0. The zero-order valence-corrected chi connectivity index (χ0v) is 11.2. The van der Waals surface area contributed by atoms with Crippen molar-refractivity contribution in [2.24, 2.45) is 0 Å². The van der Waals surface area contributed by atoms with Gasteiger partial charge in [-0.05, 0) is 25.0 Å². The Hall–Kier alpha value is -1.39. The second-order valence-corrected chi connectivity index (χ2v) is 5.05. The van der Waals surface area contributed by atoms with Crippen molar-refractivity contribution in [1.29, 1.82) is 0 Å². The van der Waals surface area contributed by atoms with Gasteiger partial charge in [0.15, 0.2) is 0 Å². The first-order valence-corrected chi connectivity index (χ1v) is 6.90. The van der Waals surface area contributed by atoms with Crippen LogP contribution in [0, 0.1) is 6.92 Å². The molecular weight excluding hydrogens is 246 g/mol. The fourth-order valence-corrected chi connectivity index (χ4v) is 2.49. The molecule has 0 spiro atoms. The Morgan fingerprint density at radius 3 is 2.89 bits per heavy atom. The number of aromatic nitrogens is 1. The third-order valence-corrected chi connectivity index (χ3v) is 3.60. The van der Waals surface area contributed by atoms with Crippen molar-refractivity contribution in [1.82, 2.24) is 4.98 Å². The summed E-state index contributed by atoms with van der Waals surface area (Å²) >= 11 is 1.60. The molecule has 0 aliphatic carbocycles. The van der Waals surface area contributed by atoms with E-state index in [4.69, 9.17) is 9.84 Å². The second-order valence-electron chi connectivity index (χ2n) is 4.11. The number of hydrogen-bond acceptors (Lipinski definition) is 4. The van der Waals surface area contributed by atoms with Crippen molar-refractivity contribution in [3.63, 3.8) is 0 Å². The van der Waals surface area contributed by atoms with Crippen LogP contribution in [0.2, 0.25) is 0 Å². The van der Waals surface area contributed by atoms with Crippen LogP contribution in [-0.4, -0.2) is 16.7 Å². The van der Waals surface area contributed by atoms with Gasteiger partial charge in [0.2, 0.25) is 0 Å². The van der Waals surface area contributed by atoms with E-state index in [1.54, 1.807) is 11.3 Å². The number of thiazole rings is 1. The van der Waals surface area contributed by atoms with Gasteiger partial charge < -0.3 is 9.84 Å². The highest BCUT2D eigenvalue weighted by Crippen LogP contribution is 2.17. The van der Waals surface area contributed by atoms with Crippen molar-refractivity contribution in [2.75, 3.05) is 6.61 Å². The summed E-state index contributed by atoms with van der Waals surface area (Å²) in [5.74, 6) is 0.952. The van der Waals surface area contributed by atoms with Crippen LogP contribution in [-0.2, 0) is 13.0 Å². The normalized spacial score (nSPS) is 10.6. The van der Waals surface area contributed by atoms with E-state index in [0.717, 1.165) is 34.9 Å². The molecule has 0 aliphatic rings. The van der Waals surface area contributed by atoms with E-state index < -0.39 is 0 Å². The van der Waals surface area contributed by atoms with Gasteiger partial charge in [-0.25, -0.2) is 4.98 Å². The number of aliphatic hydroxyl groups is 1. The van der Waals surface area contributed by atoms with Gasteiger partial charge in [0.1, 0.15) is 5.75 Å². The zero-order chi connectivity index (χ0) is 12.8. The Kier molecular flexibility index (Phi) is 4.73. The van der Waals surface area contributed by atoms with Gasteiger partial charge in [-0.3, -0.25) is 0 Å². The summed E-state index contributed by atoms with van der Waals surface area (Å²) in [6, 6.07) is 8.02. The summed E-state index contributed by atoms with van der Waals surface area (Å²) in [4.78, 5) is 4.30. The number of ether oxygens (including phenoxy) is 1. The number of aryl methyl sites for hydroxylation is 2. The predicted octanol–water partition coefficient (Wildman–Crippen LogP) is 2.96. The summed E-state index contributed by atoms with van der Waals surface area (Å²) in [6.07, 6.45) is 1.84. The number of rotatable bonds is 6. The molecule has 96 valence electrons. The topological polar surface area (TPSA) is 42.4 Å². The third kappa shape index (κ3) is 3.55. The molecule has 0 aliphatic heterocycles. The van der Waals surface area contributed by atoms with E-state index >= 15 is 0 Å². The van der Waals surface area contributed by atoms with Gasteiger partial charge >= 0.3 is 0 Å². The molecule has 1 aromatic carbocycles. The minimum absolute atomic E-state index is 0.0240. The van der Waals surface area contributed by atoms with E-state index in [0.29, 0.717) is 6.61 Å². The highest BCUT2D eigenvalue weighted by molar-refractivity contribution is 7.09. The van der Waals surface area contributed by atoms with Crippen LogP contribution < -0.4 is 4.74 Å². The molecule has 4 heteroatoms. The lowest BCUT2D eigenvalue weighted by Gasteiger charge is -2.07. The van der Waals surface area contributed by atoms with Crippen LogP contribution in [0.25, 0.3) is 0 Å². The molecule has 0 amide bonds. The zero-order valence-electron chi connectivity index (χ0n) is 10.4. The molecule has 3 nitrogen and oxygen atoms in total. The highest BCUT2D eigenvalue weighted by Gasteiger charge is 2.02. The molecule has 0 unspecified atom stereocenters. The summed E-state index contributed by atoms with van der Waals surface area (Å²) in [6.45, 7) is 2.76. The lowest BCUT2D eigenvalue weighted by Crippen LogP contribution is -2.00. The van der Waals surface area contributed by atoms with Gasteiger partial charge in [0, 0.05) is 11.8 Å². The minimum Gasteiger partial charge on any atom is -0.493 e. The molecule has 2 aromatic rings. The molecular formula is C14H17NO2S. The number of nitrogens with zero attached hydrogens (tertiary/aromatic N) is 1. The fourth-order valence-electron chi connectivity index (χ4n) is 1.66. The van der Waals surface area contributed by atoms with Gasteiger partial charge in [-0.2, -0.15) is 0 Å². The molecule has 18 heavy (non-hydrogen) atoms. The van der Waals surface area contributed by atoms with Crippen molar-refractivity contribution >= 4 is 11.3 Å². The molecule has 2 rings (SSSR count). The van der Waals surface area contributed by atoms with E-state index in [9.17, 15) is 0 Å². The molecule has 1 heterocycles. The van der Waals surface area contributed by atoms with Crippen LogP contribution in [0.3, 0.4) is 0 Å². The Morgan fingerprint density at radius 2 is 2.17 bits per heavy atom. The van der Waals surface area contributed by atoms with E-state index in [2.05, 4.69) is 4.98 Å². The van der Waals surface area contributed by atoms with Crippen LogP contribution in [0.4, 0.5) is 0 Å². The molecule has 0 saturated heterocycles. The van der Waals surface area contributed by atoms with E-state index in [-0.39, 0.29) is 6.61 Å². The molecule has 0 radical (unpaired) electrons. The average Bonchev–Trinajstić information content (AvgIpc) is 2.84. The van der Waals surface area contributed by atoms with Gasteiger partial charge in [0.05, 0.1) is 23.9 Å². The first-order valence-electron chi connectivity index (χ1n) is 6.02. The van der Waals surface area contributed by atoms with Crippen LogP contribution >= 0.6 is 11.3 Å². The number of hydrogen-bond donors (Lipinski definition) is 1. The minimum atomic E-state index is 0.0240. The lowest BCUT2D eigenvalue weighted by atomic mass is 10.2. The van der Waals surface area contributed by atoms with Gasteiger partial charge in [-0.15, -0.1) is 11.3 Å². The maximum atomic E-state index is 8.92. The van der Waals surface area contributed by atoms with Crippen molar-refractivity contribution in [3.8, 4) is 5.75 Å². The van der Waals surface area contributed by atoms with E-state index in [1.807, 2.05) is 36.6 Å². The Bertz CT molecular complexity index is 496. The first kappa shape index (κ1) is 13.1. The first-order chi connectivity index (χ1) is 8.79. The number of benzene rings is 1. The average molecular weight is 263 g/mol. The largest absolute Gasteiger partial charge is 0.493 e. The van der Waals surface area contributed by atoms with Crippen molar-refractivity contribution < 1.29 is 9.84 Å². The fraction of sp³-hybridized carbons (Fsp3) is 0.357. The van der Waals surface area contributed by atoms with Gasteiger partial charge in [-0.1, -0.05) is 18.2 Å². The molecule has 0 saturated carbocycles. The van der Waals surface area contributed by atoms with Crippen molar-refractivity contribution in [3.05, 3.63) is 45.9 Å². The summed E-state index contributed by atoms with van der Waals surface area (Å²) < 4.78 is 5.72. The number of para-hydroxylation sites is 1. The number of aliphatic hydroxyl groups excluding tert-OH is 1.